The Morgan fingerprint density at radius 2 is 2.24 bits per heavy atom. The lowest BCUT2D eigenvalue weighted by atomic mass is 10.0. The van der Waals surface area contributed by atoms with E-state index in [1.54, 1.807) is 6.07 Å². The molecule has 0 heterocycles. The number of benzene rings is 1. The SMILES string of the molecule is CON(C)C(=O)CC(O)c1ccc(Br)c(C)c1. The fraction of sp³-hybridized carbons (Fsp3) is 0.417. The van der Waals surface area contributed by atoms with Gasteiger partial charge in [-0.25, -0.2) is 5.06 Å². The molecule has 0 aliphatic carbocycles. The normalized spacial score (nSPS) is 12.3. The summed E-state index contributed by atoms with van der Waals surface area (Å²) in [5, 5.41) is 11.0. The van der Waals surface area contributed by atoms with E-state index in [1.807, 2.05) is 19.1 Å². The number of hydrogen-bond acceptors (Lipinski definition) is 3. The summed E-state index contributed by atoms with van der Waals surface area (Å²) in [5.41, 5.74) is 1.75. The monoisotopic (exact) mass is 301 g/mol. The van der Waals surface area contributed by atoms with Crippen LogP contribution >= 0.6 is 15.9 Å². The molecule has 4 nitrogen and oxygen atoms in total. The molecule has 1 atom stereocenters. The van der Waals surface area contributed by atoms with Gasteiger partial charge in [-0.2, -0.15) is 0 Å². The van der Waals surface area contributed by atoms with Gasteiger partial charge in [-0.15, -0.1) is 0 Å². The van der Waals surface area contributed by atoms with E-state index in [0.717, 1.165) is 20.7 Å². The Morgan fingerprint density at radius 3 is 2.76 bits per heavy atom. The van der Waals surface area contributed by atoms with Crippen molar-refractivity contribution in [3.8, 4) is 0 Å². The van der Waals surface area contributed by atoms with Crippen molar-refractivity contribution in [2.75, 3.05) is 14.2 Å². The topological polar surface area (TPSA) is 49.8 Å². The Bertz CT molecular complexity index is 409. The summed E-state index contributed by atoms with van der Waals surface area (Å²) in [7, 11) is 2.93. The zero-order valence-corrected chi connectivity index (χ0v) is 11.7. The van der Waals surface area contributed by atoms with Gasteiger partial charge in [0.25, 0.3) is 0 Å². The molecule has 1 amide bonds. The highest BCUT2D eigenvalue weighted by molar-refractivity contribution is 9.10. The van der Waals surface area contributed by atoms with Gasteiger partial charge in [0.05, 0.1) is 19.6 Å². The predicted octanol–water partition coefficient (Wildman–Crippen LogP) is 2.20. The number of hydroxylamine groups is 2. The lowest BCUT2D eigenvalue weighted by Gasteiger charge is -2.17. The molecule has 1 rings (SSSR count). The number of halogens is 1. The summed E-state index contributed by atoms with van der Waals surface area (Å²) >= 11 is 3.39. The van der Waals surface area contributed by atoms with E-state index in [4.69, 9.17) is 4.84 Å². The number of nitrogens with zero attached hydrogens (tertiary/aromatic N) is 1. The molecule has 17 heavy (non-hydrogen) atoms. The molecule has 5 heteroatoms. The fourth-order valence-corrected chi connectivity index (χ4v) is 1.64. The van der Waals surface area contributed by atoms with Crippen molar-refractivity contribution in [1.29, 1.82) is 0 Å². The summed E-state index contributed by atoms with van der Waals surface area (Å²) in [5.74, 6) is -0.263. The first-order valence-electron chi connectivity index (χ1n) is 5.20. The van der Waals surface area contributed by atoms with Gasteiger partial charge in [-0.05, 0) is 24.1 Å². The summed E-state index contributed by atoms with van der Waals surface area (Å²) in [6.07, 6.45) is -0.808. The lowest BCUT2D eigenvalue weighted by molar-refractivity contribution is -0.170. The van der Waals surface area contributed by atoms with Crippen LogP contribution in [0.1, 0.15) is 23.7 Å². The summed E-state index contributed by atoms with van der Waals surface area (Å²) in [6.45, 7) is 1.93. The Balaban J connectivity index is 2.73. The second-order valence-corrected chi connectivity index (χ2v) is 4.66. The van der Waals surface area contributed by atoms with Crippen molar-refractivity contribution >= 4 is 21.8 Å². The minimum absolute atomic E-state index is 0.00537. The van der Waals surface area contributed by atoms with E-state index in [1.165, 1.54) is 14.2 Å². The van der Waals surface area contributed by atoms with Gasteiger partial charge in [-0.3, -0.25) is 9.63 Å². The number of aryl methyl sites for hydroxylation is 1. The zero-order chi connectivity index (χ0) is 13.0. The number of carbonyl (C=O) groups excluding carboxylic acids is 1. The Kier molecular flexibility index (Phi) is 5.11. The van der Waals surface area contributed by atoms with Gasteiger partial charge in [0, 0.05) is 11.5 Å². The highest BCUT2D eigenvalue weighted by Gasteiger charge is 2.16. The molecule has 1 N–H and O–H groups in total. The number of rotatable bonds is 4. The quantitative estimate of drug-likeness (QED) is 0.868. The third kappa shape index (κ3) is 3.80. The molecule has 0 spiro atoms. The molecule has 0 saturated carbocycles. The first kappa shape index (κ1) is 14.2. The standard InChI is InChI=1S/C12H16BrNO3/c1-8-6-9(4-5-10(8)13)11(15)7-12(16)14(2)17-3/h4-6,11,15H,7H2,1-3H3. The Hall–Kier alpha value is -0.910. The van der Waals surface area contributed by atoms with E-state index in [0.29, 0.717) is 0 Å². The molecule has 0 aromatic heterocycles. The van der Waals surface area contributed by atoms with Gasteiger partial charge in [0.15, 0.2) is 0 Å². The zero-order valence-electron chi connectivity index (χ0n) is 10.1. The van der Waals surface area contributed by atoms with Crippen LogP contribution in [0.4, 0.5) is 0 Å². The molecule has 0 saturated heterocycles. The van der Waals surface area contributed by atoms with Crippen LogP contribution in [-0.4, -0.2) is 30.2 Å². The summed E-state index contributed by atoms with van der Waals surface area (Å²) < 4.78 is 0.980. The van der Waals surface area contributed by atoms with Crippen molar-refractivity contribution in [2.45, 2.75) is 19.4 Å². The van der Waals surface area contributed by atoms with Crippen LogP contribution in [0.25, 0.3) is 0 Å². The summed E-state index contributed by atoms with van der Waals surface area (Å²) in [4.78, 5) is 16.3. The molecule has 0 bridgehead atoms. The van der Waals surface area contributed by atoms with Gasteiger partial charge < -0.3 is 5.11 Å². The first-order chi connectivity index (χ1) is 7.95. The molecule has 1 unspecified atom stereocenters. The van der Waals surface area contributed by atoms with Crippen LogP contribution in [0.3, 0.4) is 0 Å². The molecule has 1 aromatic carbocycles. The average Bonchev–Trinajstić information content (AvgIpc) is 2.31. The number of carbonyl (C=O) groups is 1. The minimum atomic E-state index is -0.813. The summed E-state index contributed by atoms with van der Waals surface area (Å²) in [6, 6.07) is 5.51. The maximum atomic E-state index is 11.5. The second-order valence-electron chi connectivity index (χ2n) is 3.80. The Morgan fingerprint density at radius 1 is 1.59 bits per heavy atom. The maximum absolute atomic E-state index is 11.5. The van der Waals surface area contributed by atoms with Gasteiger partial charge in [-0.1, -0.05) is 28.1 Å². The molecule has 0 aliphatic heterocycles. The van der Waals surface area contributed by atoms with Gasteiger partial charge in [0.2, 0.25) is 5.91 Å². The Labute approximate surface area is 109 Å². The first-order valence-corrected chi connectivity index (χ1v) is 5.99. The smallest absolute Gasteiger partial charge is 0.248 e. The maximum Gasteiger partial charge on any atom is 0.248 e. The number of aliphatic hydroxyl groups is 1. The second kappa shape index (κ2) is 6.14. The third-order valence-electron chi connectivity index (χ3n) is 2.56. The van der Waals surface area contributed by atoms with Crippen molar-refractivity contribution in [1.82, 2.24) is 5.06 Å². The molecule has 0 radical (unpaired) electrons. The van der Waals surface area contributed by atoms with Crippen LogP contribution in [0.5, 0.6) is 0 Å². The lowest BCUT2D eigenvalue weighted by Crippen LogP contribution is -2.26. The number of hydrogen-bond donors (Lipinski definition) is 1. The molecular weight excluding hydrogens is 286 g/mol. The molecular formula is C12H16BrNO3. The molecule has 94 valence electrons. The van der Waals surface area contributed by atoms with Crippen LogP contribution in [-0.2, 0) is 9.63 Å². The van der Waals surface area contributed by atoms with Gasteiger partial charge >= 0.3 is 0 Å². The van der Waals surface area contributed by atoms with E-state index in [9.17, 15) is 9.90 Å². The largest absolute Gasteiger partial charge is 0.388 e. The average molecular weight is 302 g/mol. The van der Waals surface area contributed by atoms with E-state index in [2.05, 4.69) is 15.9 Å². The number of amides is 1. The highest BCUT2D eigenvalue weighted by Crippen LogP contribution is 2.23. The van der Waals surface area contributed by atoms with Crippen molar-refractivity contribution in [3.05, 3.63) is 33.8 Å². The third-order valence-corrected chi connectivity index (χ3v) is 3.45. The van der Waals surface area contributed by atoms with Crippen LogP contribution < -0.4 is 0 Å². The molecule has 0 fully saturated rings. The molecule has 0 aliphatic rings. The number of aliphatic hydroxyl groups excluding tert-OH is 1. The predicted molar refractivity (Wildman–Crippen MR) is 68.2 cm³/mol. The minimum Gasteiger partial charge on any atom is -0.388 e. The fourth-order valence-electron chi connectivity index (χ4n) is 1.39. The van der Waals surface area contributed by atoms with E-state index >= 15 is 0 Å². The van der Waals surface area contributed by atoms with Gasteiger partial charge in [0.1, 0.15) is 0 Å². The van der Waals surface area contributed by atoms with Crippen LogP contribution in [0, 0.1) is 6.92 Å². The highest BCUT2D eigenvalue weighted by atomic mass is 79.9. The van der Waals surface area contributed by atoms with E-state index in [-0.39, 0.29) is 12.3 Å². The van der Waals surface area contributed by atoms with Crippen LogP contribution in [0.2, 0.25) is 0 Å². The van der Waals surface area contributed by atoms with Crippen molar-refractivity contribution in [2.24, 2.45) is 0 Å². The van der Waals surface area contributed by atoms with E-state index < -0.39 is 6.10 Å². The van der Waals surface area contributed by atoms with Crippen molar-refractivity contribution in [3.63, 3.8) is 0 Å². The van der Waals surface area contributed by atoms with Crippen LogP contribution in [0.15, 0.2) is 22.7 Å². The molecule has 1 aromatic rings. The van der Waals surface area contributed by atoms with Crippen molar-refractivity contribution < 1.29 is 14.7 Å².